The molecule has 0 bridgehead atoms. The quantitative estimate of drug-likeness (QED) is 0.334. The first kappa shape index (κ1) is 24.0. The molecule has 0 aromatic rings. The number of hydrogen-bond donors (Lipinski definition) is 0. The summed E-state index contributed by atoms with van der Waals surface area (Å²) in [6, 6.07) is 0. The zero-order valence-electron chi connectivity index (χ0n) is 19.3. The van der Waals surface area contributed by atoms with Crippen LogP contribution in [0.4, 0.5) is 0 Å². The molecule has 0 unspecified atom stereocenters. The number of nitrogens with zero attached hydrogens (tertiary/aromatic N) is 2. The van der Waals surface area contributed by atoms with E-state index < -0.39 is 5.41 Å². The minimum atomic E-state index is -0.446. The maximum absolute atomic E-state index is 12.0. The van der Waals surface area contributed by atoms with Gasteiger partial charge in [0.05, 0.1) is 17.5 Å². The van der Waals surface area contributed by atoms with Crippen molar-refractivity contribution in [2.45, 2.75) is 106 Å². The van der Waals surface area contributed by atoms with Crippen molar-refractivity contribution in [3.05, 3.63) is 0 Å². The van der Waals surface area contributed by atoms with Gasteiger partial charge in [0, 0.05) is 12.0 Å². The van der Waals surface area contributed by atoms with Crippen LogP contribution in [0.1, 0.15) is 100 Å². The minimum Gasteiger partial charge on any atom is -0.463 e. The second-order valence-corrected chi connectivity index (χ2v) is 10.5. The van der Waals surface area contributed by atoms with Gasteiger partial charge < -0.3 is 9.64 Å². The molecule has 0 aromatic carbocycles. The molecule has 0 amide bonds. The van der Waals surface area contributed by atoms with Crippen LogP contribution in [0.3, 0.4) is 0 Å². The molecule has 27 heavy (non-hydrogen) atoms. The maximum Gasteiger partial charge on any atom is 0.311 e. The van der Waals surface area contributed by atoms with Crippen molar-refractivity contribution < 1.29 is 9.53 Å². The monoisotopic (exact) mass is 380 g/mol. The highest BCUT2D eigenvalue weighted by Crippen LogP contribution is 2.34. The Bertz CT molecular complexity index is 501. The molecule has 1 heterocycles. The Labute approximate surface area is 168 Å². The highest BCUT2D eigenvalue weighted by molar-refractivity contribution is 5.89. The summed E-state index contributed by atoms with van der Waals surface area (Å²) >= 11 is 0. The lowest BCUT2D eigenvalue weighted by Crippen LogP contribution is -2.41. The highest BCUT2D eigenvalue weighted by atomic mass is 16.5. The van der Waals surface area contributed by atoms with E-state index in [9.17, 15) is 4.79 Å². The van der Waals surface area contributed by atoms with Gasteiger partial charge in [-0.15, -0.1) is 0 Å². The van der Waals surface area contributed by atoms with Crippen molar-refractivity contribution in [1.29, 1.82) is 0 Å². The molecule has 0 fully saturated rings. The number of carbonyl (C=O) groups excluding carboxylic acids is 1. The number of aliphatic imine (C=N–C) groups is 1. The smallest absolute Gasteiger partial charge is 0.311 e. The van der Waals surface area contributed by atoms with Crippen LogP contribution in [0.25, 0.3) is 0 Å². The number of hydrogen-bond acceptors (Lipinski definition) is 4. The van der Waals surface area contributed by atoms with Crippen molar-refractivity contribution in [3.63, 3.8) is 0 Å². The van der Waals surface area contributed by atoms with Gasteiger partial charge in [0.1, 0.15) is 12.4 Å². The summed E-state index contributed by atoms with van der Waals surface area (Å²) in [5, 5.41) is 0. The summed E-state index contributed by atoms with van der Waals surface area (Å²) in [5.41, 5.74) is -0.452. The normalized spacial score (nSPS) is 17.2. The molecule has 0 atom stereocenters. The molecule has 0 spiro atoms. The van der Waals surface area contributed by atoms with E-state index in [-0.39, 0.29) is 16.9 Å². The van der Waals surface area contributed by atoms with Crippen molar-refractivity contribution >= 4 is 11.8 Å². The van der Waals surface area contributed by atoms with Crippen LogP contribution in [0.2, 0.25) is 0 Å². The Morgan fingerprint density at radius 2 is 1.67 bits per heavy atom. The zero-order chi connectivity index (χ0) is 20.7. The van der Waals surface area contributed by atoms with Crippen molar-refractivity contribution in [2.75, 3.05) is 19.7 Å². The van der Waals surface area contributed by atoms with Gasteiger partial charge in [0.2, 0.25) is 0 Å². The van der Waals surface area contributed by atoms with Crippen LogP contribution >= 0.6 is 0 Å². The van der Waals surface area contributed by atoms with E-state index in [0.717, 1.165) is 19.5 Å². The summed E-state index contributed by atoms with van der Waals surface area (Å²) < 4.78 is 5.50. The molecule has 0 saturated carbocycles. The van der Waals surface area contributed by atoms with E-state index in [1.807, 2.05) is 20.8 Å². The molecule has 158 valence electrons. The Morgan fingerprint density at radius 3 is 2.26 bits per heavy atom. The lowest BCUT2D eigenvalue weighted by Gasteiger charge is -2.32. The molecule has 0 aliphatic carbocycles. The Balaban J connectivity index is 2.58. The Kier molecular flexibility index (Phi) is 8.82. The molecular formula is C23H44N2O2. The first-order valence-electron chi connectivity index (χ1n) is 10.9. The van der Waals surface area contributed by atoms with Crippen LogP contribution in [0, 0.1) is 10.8 Å². The number of unbranched alkanes of at least 4 members (excludes halogenated alkanes) is 5. The van der Waals surface area contributed by atoms with Gasteiger partial charge in [-0.25, -0.2) is 0 Å². The molecule has 1 aliphatic rings. The fraction of sp³-hybridized carbons (Fsp3) is 0.913. The fourth-order valence-corrected chi connectivity index (χ4v) is 3.62. The van der Waals surface area contributed by atoms with E-state index in [1.165, 1.54) is 44.4 Å². The third-order valence-corrected chi connectivity index (χ3v) is 5.25. The Morgan fingerprint density at radius 1 is 1.07 bits per heavy atom. The van der Waals surface area contributed by atoms with E-state index in [1.54, 1.807) is 0 Å². The standard InChI is InChI=1S/C23H44N2O2/c1-9-10-11-12-13-14-15-22(5,6)19-24-23(7,8)18-25(19)16-17-27-20(26)21(2,3)4/h9-18H2,1-8H3. The van der Waals surface area contributed by atoms with Gasteiger partial charge >= 0.3 is 5.97 Å². The van der Waals surface area contributed by atoms with Gasteiger partial charge in [-0.1, -0.05) is 59.3 Å². The van der Waals surface area contributed by atoms with Crippen LogP contribution in [0.15, 0.2) is 4.99 Å². The zero-order valence-corrected chi connectivity index (χ0v) is 19.3. The van der Waals surface area contributed by atoms with Gasteiger partial charge in [0.15, 0.2) is 0 Å². The number of carbonyl (C=O) groups is 1. The first-order valence-corrected chi connectivity index (χ1v) is 10.9. The topological polar surface area (TPSA) is 41.9 Å². The van der Waals surface area contributed by atoms with Crippen molar-refractivity contribution in [3.8, 4) is 0 Å². The highest BCUT2D eigenvalue weighted by Gasteiger charge is 2.38. The van der Waals surface area contributed by atoms with Gasteiger partial charge in [0.25, 0.3) is 0 Å². The second-order valence-electron chi connectivity index (χ2n) is 10.5. The fourth-order valence-electron chi connectivity index (χ4n) is 3.62. The molecule has 0 aromatic heterocycles. The average Bonchev–Trinajstić information content (AvgIpc) is 2.85. The van der Waals surface area contributed by atoms with Crippen LogP contribution in [-0.2, 0) is 9.53 Å². The summed E-state index contributed by atoms with van der Waals surface area (Å²) in [4.78, 5) is 19.4. The largest absolute Gasteiger partial charge is 0.463 e. The number of esters is 1. The predicted octanol–water partition coefficient (Wildman–Crippen LogP) is 5.85. The Hall–Kier alpha value is -1.06. The van der Waals surface area contributed by atoms with E-state index in [2.05, 4.69) is 39.5 Å². The molecule has 4 heteroatoms. The summed E-state index contributed by atoms with van der Waals surface area (Å²) in [5.74, 6) is 1.05. The molecular weight excluding hydrogens is 336 g/mol. The van der Waals surface area contributed by atoms with Crippen molar-refractivity contribution in [2.24, 2.45) is 15.8 Å². The predicted molar refractivity (Wildman–Crippen MR) is 115 cm³/mol. The molecule has 0 radical (unpaired) electrons. The molecule has 1 aliphatic heterocycles. The third-order valence-electron chi connectivity index (χ3n) is 5.25. The molecule has 0 saturated heterocycles. The number of ether oxygens (including phenoxy) is 1. The number of amidine groups is 1. The van der Waals surface area contributed by atoms with Crippen molar-refractivity contribution in [1.82, 2.24) is 4.90 Å². The molecule has 4 nitrogen and oxygen atoms in total. The molecule has 0 N–H and O–H groups in total. The van der Waals surface area contributed by atoms with Crippen LogP contribution in [0.5, 0.6) is 0 Å². The first-order chi connectivity index (χ1) is 12.4. The summed E-state index contributed by atoms with van der Waals surface area (Å²) in [6.45, 7) is 19.0. The lowest BCUT2D eigenvalue weighted by atomic mass is 9.84. The second kappa shape index (κ2) is 9.93. The summed E-state index contributed by atoms with van der Waals surface area (Å²) in [6.07, 6.45) is 9.07. The van der Waals surface area contributed by atoms with Gasteiger partial charge in [-0.05, 0) is 41.0 Å². The lowest BCUT2D eigenvalue weighted by molar-refractivity contribution is -0.153. The summed E-state index contributed by atoms with van der Waals surface area (Å²) in [7, 11) is 0. The minimum absolute atomic E-state index is 0.0621. The SMILES string of the molecule is CCCCCCCCC(C)(C)C1=NC(C)(C)CN1CCOC(=O)C(C)(C)C. The van der Waals surface area contributed by atoms with Crippen LogP contribution in [-0.4, -0.2) is 41.9 Å². The van der Waals surface area contributed by atoms with Crippen LogP contribution < -0.4 is 0 Å². The maximum atomic E-state index is 12.0. The van der Waals surface area contributed by atoms with E-state index in [4.69, 9.17) is 9.73 Å². The van der Waals surface area contributed by atoms with Gasteiger partial charge in [-0.2, -0.15) is 0 Å². The molecule has 1 rings (SSSR count). The van der Waals surface area contributed by atoms with E-state index >= 15 is 0 Å². The average molecular weight is 381 g/mol. The third kappa shape index (κ3) is 8.23. The number of rotatable bonds is 11. The van der Waals surface area contributed by atoms with E-state index in [0.29, 0.717) is 6.61 Å². The van der Waals surface area contributed by atoms with Gasteiger partial charge in [-0.3, -0.25) is 9.79 Å².